The predicted molar refractivity (Wildman–Crippen MR) is 50.4 cm³/mol. The van der Waals surface area contributed by atoms with Gasteiger partial charge in [0.2, 0.25) is 5.88 Å². The highest BCUT2D eigenvalue weighted by atomic mass is 16.5. The summed E-state index contributed by atoms with van der Waals surface area (Å²) in [5.41, 5.74) is 5.54. The standard InChI is InChI=1S/C9H15N3O/c1-9(2,6-10)7-13-8-5-11-3-4-12-8/h3-5H,6-7,10H2,1-2H3. The van der Waals surface area contributed by atoms with E-state index >= 15 is 0 Å². The average molecular weight is 181 g/mol. The lowest BCUT2D eigenvalue weighted by atomic mass is 9.95. The zero-order chi connectivity index (χ0) is 9.73. The van der Waals surface area contributed by atoms with E-state index in [9.17, 15) is 0 Å². The van der Waals surface area contributed by atoms with E-state index in [1.807, 2.05) is 13.8 Å². The molecule has 0 fully saturated rings. The van der Waals surface area contributed by atoms with Gasteiger partial charge in [-0.1, -0.05) is 13.8 Å². The minimum Gasteiger partial charge on any atom is -0.476 e. The Hall–Kier alpha value is -1.16. The molecule has 0 aliphatic rings. The zero-order valence-corrected chi connectivity index (χ0v) is 8.03. The van der Waals surface area contributed by atoms with Crippen LogP contribution in [0.2, 0.25) is 0 Å². The normalized spacial score (nSPS) is 11.3. The quantitative estimate of drug-likeness (QED) is 0.747. The molecule has 72 valence electrons. The zero-order valence-electron chi connectivity index (χ0n) is 8.03. The largest absolute Gasteiger partial charge is 0.476 e. The maximum absolute atomic E-state index is 5.55. The van der Waals surface area contributed by atoms with Gasteiger partial charge >= 0.3 is 0 Å². The van der Waals surface area contributed by atoms with Crippen LogP contribution >= 0.6 is 0 Å². The molecule has 1 heterocycles. The monoisotopic (exact) mass is 181 g/mol. The van der Waals surface area contributed by atoms with Crippen LogP contribution in [0.3, 0.4) is 0 Å². The summed E-state index contributed by atoms with van der Waals surface area (Å²) in [6.45, 7) is 5.24. The van der Waals surface area contributed by atoms with E-state index in [-0.39, 0.29) is 5.41 Å². The fraction of sp³-hybridized carbons (Fsp3) is 0.556. The van der Waals surface area contributed by atoms with Crippen LogP contribution in [0.25, 0.3) is 0 Å². The van der Waals surface area contributed by atoms with Crippen molar-refractivity contribution < 1.29 is 4.74 Å². The SMILES string of the molecule is CC(C)(CN)COc1cnccn1. The Morgan fingerprint density at radius 1 is 1.46 bits per heavy atom. The molecule has 0 bridgehead atoms. The van der Waals surface area contributed by atoms with Crippen molar-refractivity contribution >= 4 is 0 Å². The van der Waals surface area contributed by atoms with E-state index < -0.39 is 0 Å². The lowest BCUT2D eigenvalue weighted by Gasteiger charge is -2.21. The number of nitrogens with two attached hydrogens (primary N) is 1. The second-order valence-corrected chi connectivity index (χ2v) is 3.70. The van der Waals surface area contributed by atoms with Crippen molar-refractivity contribution in [1.82, 2.24) is 9.97 Å². The molecule has 0 aliphatic heterocycles. The molecule has 0 unspecified atom stereocenters. The maximum atomic E-state index is 5.55. The molecule has 4 heteroatoms. The topological polar surface area (TPSA) is 61.0 Å². The van der Waals surface area contributed by atoms with Crippen LogP contribution in [0.15, 0.2) is 18.6 Å². The molecular weight excluding hydrogens is 166 g/mol. The Morgan fingerprint density at radius 3 is 2.77 bits per heavy atom. The Morgan fingerprint density at radius 2 is 2.23 bits per heavy atom. The average Bonchev–Trinajstić information content (AvgIpc) is 2.17. The van der Waals surface area contributed by atoms with E-state index in [0.717, 1.165) is 0 Å². The van der Waals surface area contributed by atoms with Crippen LogP contribution < -0.4 is 10.5 Å². The lowest BCUT2D eigenvalue weighted by molar-refractivity contribution is 0.180. The van der Waals surface area contributed by atoms with Gasteiger partial charge in [-0.3, -0.25) is 4.98 Å². The van der Waals surface area contributed by atoms with Gasteiger partial charge in [-0.25, -0.2) is 4.98 Å². The second kappa shape index (κ2) is 4.18. The first-order valence-corrected chi connectivity index (χ1v) is 4.23. The minimum atomic E-state index is -0.0163. The number of rotatable bonds is 4. The molecule has 1 aromatic rings. The number of ether oxygens (including phenoxy) is 1. The predicted octanol–water partition coefficient (Wildman–Crippen LogP) is 0.840. The Kier molecular flexibility index (Phi) is 3.19. The summed E-state index contributed by atoms with van der Waals surface area (Å²) in [4.78, 5) is 7.88. The fourth-order valence-corrected chi connectivity index (χ4v) is 0.688. The van der Waals surface area contributed by atoms with Gasteiger partial charge in [0.1, 0.15) is 0 Å². The van der Waals surface area contributed by atoms with Crippen LogP contribution in [0.4, 0.5) is 0 Å². The van der Waals surface area contributed by atoms with Gasteiger partial charge < -0.3 is 10.5 Å². The van der Waals surface area contributed by atoms with Gasteiger partial charge in [-0.2, -0.15) is 0 Å². The highest BCUT2D eigenvalue weighted by Gasteiger charge is 2.16. The van der Waals surface area contributed by atoms with Crippen molar-refractivity contribution in [3.63, 3.8) is 0 Å². The molecule has 0 aromatic carbocycles. The third-order valence-electron chi connectivity index (χ3n) is 1.70. The Bertz CT molecular complexity index is 248. The van der Waals surface area contributed by atoms with Gasteiger partial charge in [0.15, 0.2) is 0 Å². The summed E-state index contributed by atoms with van der Waals surface area (Å²) in [5.74, 6) is 0.545. The summed E-state index contributed by atoms with van der Waals surface area (Å²) in [5, 5.41) is 0. The molecule has 0 saturated heterocycles. The molecule has 1 aromatic heterocycles. The highest BCUT2D eigenvalue weighted by Crippen LogP contribution is 2.14. The van der Waals surface area contributed by atoms with Crippen molar-refractivity contribution in [1.29, 1.82) is 0 Å². The number of aromatic nitrogens is 2. The molecule has 0 spiro atoms. The highest BCUT2D eigenvalue weighted by molar-refractivity contribution is 5.01. The fourth-order valence-electron chi connectivity index (χ4n) is 0.688. The first-order chi connectivity index (χ1) is 6.14. The molecule has 2 N–H and O–H groups in total. The summed E-state index contributed by atoms with van der Waals surface area (Å²) in [6, 6.07) is 0. The van der Waals surface area contributed by atoms with E-state index in [4.69, 9.17) is 10.5 Å². The Labute approximate surface area is 78.1 Å². The van der Waals surface area contributed by atoms with E-state index in [2.05, 4.69) is 9.97 Å². The van der Waals surface area contributed by atoms with Crippen LogP contribution in [0, 0.1) is 5.41 Å². The molecule has 0 amide bonds. The smallest absolute Gasteiger partial charge is 0.232 e. The second-order valence-electron chi connectivity index (χ2n) is 3.70. The summed E-state index contributed by atoms with van der Waals surface area (Å²) in [6.07, 6.45) is 4.80. The van der Waals surface area contributed by atoms with Gasteiger partial charge in [-0.15, -0.1) is 0 Å². The van der Waals surface area contributed by atoms with Gasteiger partial charge in [0.05, 0.1) is 12.8 Å². The third-order valence-corrected chi connectivity index (χ3v) is 1.70. The summed E-state index contributed by atoms with van der Waals surface area (Å²) < 4.78 is 5.41. The molecule has 0 radical (unpaired) electrons. The molecule has 4 nitrogen and oxygen atoms in total. The van der Waals surface area contributed by atoms with Crippen LogP contribution in [0.1, 0.15) is 13.8 Å². The van der Waals surface area contributed by atoms with Crippen molar-refractivity contribution in [3.05, 3.63) is 18.6 Å². The summed E-state index contributed by atoms with van der Waals surface area (Å²) in [7, 11) is 0. The number of nitrogens with zero attached hydrogens (tertiary/aromatic N) is 2. The first kappa shape index (κ1) is 9.92. The van der Waals surface area contributed by atoms with Crippen molar-refractivity contribution in [2.45, 2.75) is 13.8 Å². The summed E-state index contributed by atoms with van der Waals surface area (Å²) >= 11 is 0. The van der Waals surface area contributed by atoms with Crippen LogP contribution in [-0.2, 0) is 0 Å². The van der Waals surface area contributed by atoms with Crippen LogP contribution in [-0.4, -0.2) is 23.1 Å². The molecule has 13 heavy (non-hydrogen) atoms. The third kappa shape index (κ3) is 3.38. The Balaban J connectivity index is 2.44. The minimum absolute atomic E-state index is 0.0163. The molecule has 0 saturated carbocycles. The molecular formula is C9H15N3O. The molecule has 0 atom stereocenters. The van der Waals surface area contributed by atoms with Crippen molar-refractivity contribution in [2.75, 3.05) is 13.2 Å². The molecule has 0 aliphatic carbocycles. The van der Waals surface area contributed by atoms with Crippen molar-refractivity contribution in [3.8, 4) is 5.88 Å². The van der Waals surface area contributed by atoms with Crippen LogP contribution in [0.5, 0.6) is 5.88 Å². The van der Waals surface area contributed by atoms with E-state index in [0.29, 0.717) is 19.0 Å². The first-order valence-electron chi connectivity index (χ1n) is 4.23. The number of hydrogen-bond acceptors (Lipinski definition) is 4. The van der Waals surface area contributed by atoms with Gasteiger partial charge in [0, 0.05) is 24.4 Å². The van der Waals surface area contributed by atoms with Crippen molar-refractivity contribution in [2.24, 2.45) is 11.1 Å². The maximum Gasteiger partial charge on any atom is 0.232 e. The van der Waals surface area contributed by atoms with E-state index in [1.54, 1.807) is 18.6 Å². The number of hydrogen-bond donors (Lipinski definition) is 1. The van der Waals surface area contributed by atoms with Gasteiger partial charge in [0.25, 0.3) is 0 Å². The lowest BCUT2D eigenvalue weighted by Crippen LogP contribution is -2.30. The molecule has 1 rings (SSSR count). The van der Waals surface area contributed by atoms with E-state index in [1.165, 1.54) is 0 Å². The van der Waals surface area contributed by atoms with Gasteiger partial charge in [-0.05, 0) is 0 Å².